The molecule has 1 aliphatic rings. The van der Waals surface area contributed by atoms with Crippen LogP contribution >= 0.6 is 0 Å². The number of nitrogens with zero attached hydrogens (tertiary/aromatic N) is 1. The van der Waals surface area contributed by atoms with Gasteiger partial charge in [0.15, 0.2) is 0 Å². The van der Waals surface area contributed by atoms with Crippen molar-refractivity contribution in [2.24, 2.45) is 5.73 Å². The third kappa shape index (κ3) is 3.91. The molecule has 1 aliphatic heterocycles. The number of nitrogens with one attached hydrogen (secondary N) is 1. The van der Waals surface area contributed by atoms with E-state index in [-0.39, 0.29) is 18.2 Å². The second-order valence-corrected chi connectivity index (χ2v) is 6.93. The van der Waals surface area contributed by atoms with Gasteiger partial charge in [-0.1, -0.05) is 0 Å². The Morgan fingerprint density at radius 2 is 1.94 bits per heavy atom. The highest BCUT2D eigenvalue weighted by molar-refractivity contribution is 7.89. The average molecular weight is 279 g/mol. The van der Waals surface area contributed by atoms with Crippen molar-refractivity contribution in [1.82, 2.24) is 9.62 Å². The summed E-state index contributed by atoms with van der Waals surface area (Å²) in [4.78, 5) is 11.9. The van der Waals surface area contributed by atoms with Crippen molar-refractivity contribution in [3.05, 3.63) is 0 Å². The Balaban J connectivity index is 2.42. The molecule has 7 nitrogen and oxygen atoms in total. The van der Waals surface area contributed by atoms with Gasteiger partial charge in [-0.2, -0.15) is 0 Å². The van der Waals surface area contributed by atoms with Crippen molar-refractivity contribution in [3.63, 3.8) is 0 Å². The summed E-state index contributed by atoms with van der Waals surface area (Å²) in [6.07, 6.45) is 0.915. The molecule has 3 N–H and O–H groups in total. The van der Waals surface area contributed by atoms with Gasteiger partial charge in [0.05, 0.1) is 11.3 Å². The van der Waals surface area contributed by atoms with Crippen molar-refractivity contribution in [2.75, 3.05) is 39.6 Å². The molecule has 8 heteroatoms. The topological polar surface area (TPSA) is 102 Å². The second kappa shape index (κ2) is 5.96. The number of amides is 1. The maximum Gasteiger partial charge on any atom is 0.240 e. The van der Waals surface area contributed by atoms with Crippen LogP contribution in [-0.2, 0) is 19.6 Å². The Kier molecular flexibility index (Phi) is 5.09. The van der Waals surface area contributed by atoms with Gasteiger partial charge in [0.1, 0.15) is 0 Å². The van der Waals surface area contributed by atoms with Crippen molar-refractivity contribution < 1.29 is 17.9 Å². The largest absolute Gasteiger partial charge is 0.381 e. The van der Waals surface area contributed by atoms with Gasteiger partial charge < -0.3 is 15.8 Å². The summed E-state index contributed by atoms with van der Waals surface area (Å²) >= 11 is 0. The highest BCUT2D eigenvalue weighted by Crippen LogP contribution is 2.17. The fourth-order valence-corrected chi connectivity index (χ4v) is 2.34. The van der Waals surface area contributed by atoms with Crippen LogP contribution in [0.5, 0.6) is 0 Å². The predicted molar refractivity (Wildman–Crippen MR) is 67.5 cm³/mol. The molecule has 0 aromatic rings. The van der Waals surface area contributed by atoms with Gasteiger partial charge in [-0.15, -0.1) is 0 Å². The molecule has 0 aliphatic carbocycles. The molecule has 0 radical (unpaired) electrons. The zero-order valence-electron chi connectivity index (χ0n) is 10.8. The number of ether oxygens (including phenoxy) is 1. The lowest BCUT2D eigenvalue weighted by atomic mass is 9.90. The van der Waals surface area contributed by atoms with E-state index in [4.69, 9.17) is 10.5 Å². The molecule has 0 aromatic carbocycles. The summed E-state index contributed by atoms with van der Waals surface area (Å²) in [5.41, 5.74) is 5.03. The molecule has 0 aromatic heterocycles. The summed E-state index contributed by atoms with van der Waals surface area (Å²) in [5, 5.41) is 2.58. The Morgan fingerprint density at radius 1 is 1.39 bits per heavy atom. The van der Waals surface area contributed by atoms with E-state index >= 15 is 0 Å². The number of carbonyl (C=O) groups is 1. The third-order valence-electron chi connectivity index (χ3n) is 3.04. The molecule has 1 saturated heterocycles. The smallest absolute Gasteiger partial charge is 0.240 e. The first kappa shape index (κ1) is 15.4. The number of carbonyl (C=O) groups excluding carboxylic acids is 1. The average Bonchev–Trinajstić information content (AvgIpc) is 2.29. The van der Waals surface area contributed by atoms with Gasteiger partial charge in [0.25, 0.3) is 0 Å². The number of nitrogens with two attached hydrogens (primary N) is 1. The SMILES string of the molecule is CN(C)S(=O)(=O)CCNC(=O)C1(N)CCOCC1. The van der Waals surface area contributed by atoms with Crippen molar-refractivity contribution in [2.45, 2.75) is 18.4 Å². The van der Waals surface area contributed by atoms with Crippen molar-refractivity contribution in [3.8, 4) is 0 Å². The number of hydrogen-bond acceptors (Lipinski definition) is 5. The highest BCUT2D eigenvalue weighted by Gasteiger charge is 2.35. The molecule has 1 rings (SSSR count). The first-order valence-electron chi connectivity index (χ1n) is 5.83. The Morgan fingerprint density at radius 3 is 2.44 bits per heavy atom. The minimum atomic E-state index is -3.29. The molecule has 0 saturated carbocycles. The van der Waals surface area contributed by atoms with Crippen LogP contribution in [0, 0.1) is 0 Å². The Hall–Kier alpha value is -0.700. The van der Waals surface area contributed by atoms with Gasteiger partial charge in [-0.05, 0) is 12.8 Å². The monoisotopic (exact) mass is 279 g/mol. The number of rotatable bonds is 5. The fourth-order valence-electron chi connectivity index (χ4n) is 1.61. The molecule has 1 amide bonds. The Bertz CT molecular complexity index is 388. The number of sulfonamides is 1. The molecular formula is C10H21N3O4S. The zero-order valence-corrected chi connectivity index (χ0v) is 11.6. The lowest BCUT2D eigenvalue weighted by molar-refractivity contribution is -0.129. The van der Waals surface area contributed by atoms with E-state index < -0.39 is 15.6 Å². The summed E-state index contributed by atoms with van der Waals surface area (Å²) < 4.78 is 29.3. The molecule has 0 spiro atoms. The lowest BCUT2D eigenvalue weighted by Crippen LogP contribution is -2.57. The molecule has 18 heavy (non-hydrogen) atoms. The van der Waals surface area contributed by atoms with Crippen LogP contribution < -0.4 is 11.1 Å². The third-order valence-corrected chi connectivity index (χ3v) is 4.87. The number of hydrogen-bond donors (Lipinski definition) is 2. The minimum Gasteiger partial charge on any atom is -0.381 e. The van der Waals surface area contributed by atoms with Gasteiger partial charge >= 0.3 is 0 Å². The van der Waals surface area contributed by atoms with E-state index in [2.05, 4.69) is 5.32 Å². The van der Waals surface area contributed by atoms with Crippen LogP contribution in [-0.4, -0.2) is 63.8 Å². The molecule has 1 fully saturated rings. The summed E-state index contributed by atoms with van der Waals surface area (Å²) in [7, 11) is -0.375. The standard InChI is InChI=1S/C10H21N3O4S/c1-13(2)18(15,16)8-5-12-9(14)10(11)3-6-17-7-4-10/h3-8,11H2,1-2H3,(H,12,14). The normalized spacial score (nSPS) is 19.8. The summed E-state index contributed by atoms with van der Waals surface area (Å²) in [6, 6.07) is 0. The summed E-state index contributed by atoms with van der Waals surface area (Å²) in [5.74, 6) is -0.432. The predicted octanol–water partition coefficient (Wildman–Crippen LogP) is -1.50. The quantitative estimate of drug-likeness (QED) is 0.638. The van der Waals surface area contributed by atoms with Gasteiger partial charge in [0.2, 0.25) is 15.9 Å². The van der Waals surface area contributed by atoms with E-state index in [1.54, 1.807) is 0 Å². The van der Waals surface area contributed by atoms with Crippen LogP contribution in [0.2, 0.25) is 0 Å². The first-order chi connectivity index (χ1) is 8.28. The Labute approximate surface area is 108 Å². The van der Waals surface area contributed by atoms with E-state index in [0.717, 1.165) is 4.31 Å². The molecule has 106 valence electrons. The van der Waals surface area contributed by atoms with Crippen molar-refractivity contribution >= 4 is 15.9 Å². The molecule has 0 atom stereocenters. The maximum absolute atomic E-state index is 11.9. The van der Waals surface area contributed by atoms with Crippen LogP contribution in [0.1, 0.15) is 12.8 Å². The maximum atomic E-state index is 11.9. The zero-order chi connectivity index (χ0) is 13.8. The lowest BCUT2D eigenvalue weighted by Gasteiger charge is -2.31. The van der Waals surface area contributed by atoms with Crippen molar-refractivity contribution in [1.29, 1.82) is 0 Å². The minimum absolute atomic E-state index is 0.0686. The van der Waals surface area contributed by atoms with E-state index in [1.165, 1.54) is 14.1 Å². The molecule has 1 heterocycles. The van der Waals surface area contributed by atoms with Crippen LogP contribution in [0.25, 0.3) is 0 Å². The molecular weight excluding hydrogens is 258 g/mol. The van der Waals surface area contributed by atoms with Crippen LogP contribution in [0.4, 0.5) is 0 Å². The van der Waals surface area contributed by atoms with Gasteiger partial charge in [-0.25, -0.2) is 12.7 Å². The fraction of sp³-hybridized carbons (Fsp3) is 0.900. The molecule has 0 bridgehead atoms. The molecule has 0 unspecified atom stereocenters. The van der Waals surface area contributed by atoms with E-state index in [1.807, 2.05) is 0 Å². The first-order valence-corrected chi connectivity index (χ1v) is 7.44. The van der Waals surface area contributed by atoms with E-state index in [0.29, 0.717) is 26.1 Å². The van der Waals surface area contributed by atoms with Crippen LogP contribution in [0.3, 0.4) is 0 Å². The van der Waals surface area contributed by atoms with E-state index in [9.17, 15) is 13.2 Å². The second-order valence-electron chi connectivity index (χ2n) is 4.62. The van der Waals surface area contributed by atoms with Gasteiger partial charge in [0, 0.05) is 33.9 Å². The summed E-state index contributed by atoms with van der Waals surface area (Å²) in [6.45, 7) is 0.985. The van der Waals surface area contributed by atoms with Crippen LogP contribution in [0.15, 0.2) is 0 Å². The highest BCUT2D eigenvalue weighted by atomic mass is 32.2. The van der Waals surface area contributed by atoms with Gasteiger partial charge in [-0.3, -0.25) is 4.79 Å².